The van der Waals surface area contributed by atoms with E-state index < -0.39 is 28.3 Å². The van der Waals surface area contributed by atoms with Crippen molar-refractivity contribution in [3.05, 3.63) is 84.7 Å². The van der Waals surface area contributed by atoms with Crippen LogP contribution < -0.4 is 0 Å². The van der Waals surface area contributed by atoms with Crippen molar-refractivity contribution in [2.24, 2.45) is 0 Å². The van der Waals surface area contributed by atoms with Crippen LogP contribution in [0.1, 0.15) is 18.1 Å². The molecule has 1 N–H and O–H groups in total. The zero-order chi connectivity index (χ0) is 19.9. The minimum atomic E-state index is -0.963. The number of rotatable bonds is 5. The molecule has 1 aromatic heterocycles. The molecule has 3 aromatic rings. The minimum Gasteiger partial charge on any atom is -0.387 e. The van der Waals surface area contributed by atoms with Crippen molar-refractivity contribution in [3.63, 3.8) is 0 Å². The zero-order valence-corrected chi connectivity index (χ0v) is 15.6. The van der Waals surface area contributed by atoms with Gasteiger partial charge in [0.2, 0.25) is 0 Å². The van der Waals surface area contributed by atoms with E-state index in [9.17, 15) is 18.3 Å². The number of aliphatic hydroxyl groups excluding tert-OH is 1. The van der Waals surface area contributed by atoms with Crippen LogP contribution >= 0.6 is 11.8 Å². The largest absolute Gasteiger partial charge is 0.387 e. The van der Waals surface area contributed by atoms with E-state index in [1.807, 2.05) is 10.8 Å². The summed E-state index contributed by atoms with van der Waals surface area (Å²) in [6.45, 7) is 4.30. The molecule has 0 fully saturated rings. The first-order valence-corrected chi connectivity index (χ1v) is 9.48. The predicted molar refractivity (Wildman–Crippen MR) is 102 cm³/mol. The molecule has 1 aliphatic rings. The molecule has 0 saturated heterocycles. The van der Waals surface area contributed by atoms with Gasteiger partial charge in [-0.2, -0.15) is 0 Å². The van der Waals surface area contributed by atoms with Gasteiger partial charge in [0.05, 0.1) is 22.7 Å². The fourth-order valence-corrected chi connectivity index (χ4v) is 5.23. The first-order chi connectivity index (χ1) is 13.4. The van der Waals surface area contributed by atoms with E-state index >= 15 is 0 Å². The maximum atomic E-state index is 14.2. The molecule has 2 heterocycles. The number of fused-ring (bicyclic) bond motifs is 1. The Hall–Kier alpha value is -2.51. The van der Waals surface area contributed by atoms with E-state index in [1.165, 1.54) is 11.8 Å². The summed E-state index contributed by atoms with van der Waals surface area (Å²) in [6, 6.07) is 6.18. The number of halogens is 3. The third kappa shape index (κ3) is 3.14. The Morgan fingerprint density at radius 2 is 1.96 bits per heavy atom. The molecule has 0 aliphatic carbocycles. The maximum absolute atomic E-state index is 14.2. The van der Waals surface area contributed by atoms with E-state index in [-0.39, 0.29) is 5.56 Å². The van der Waals surface area contributed by atoms with Gasteiger partial charge in [0.1, 0.15) is 17.5 Å². The molecule has 0 bridgehead atoms. The van der Waals surface area contributed by atoms with Gasteiger partial charge in [0, 0.05) is 36.0 Å². The van der Waals surface area contributed by atoms with Gasteiger partial charge in [0.15, 0.2) is 0 Å². The zero-order valence-electron chi connectivity index (χ0n) is 14.8. The van der Waals surface area contributed by atoms with Crippen LogP contribution in [0.15, 0.2) is 66.6 Å². The van der Waals surface area contributed by atoms with Gasteiger partial charge in [-0.1, -0.05) is 18.2 Å². The average molecular weight is 402 g/mol. The van der Waals surface area contributed by atoms with E-state index in [2.05, 4.69) is 11.6 Å². The molecule has 2 atom stereocenters. The van der Waals surface area contributed by atoms with Crippen LogP contribution in [0.3, 0.4) is 0 Å². The average Bonchev–Trinajstić information content (AvgIpc) is 3.22. The Morgan fingerprint density at radius 1 is 1.21 bits per heavy atom. The van der Waals surface area contributed by atoms with Gasteiger partial charge < -0.3 is 9.67 Å². The first-order valence-electron chi connectivity index (χ1n) is 8.66. The number of imidazole rings is 1. The van der Waals surface area contributed by atoms with Gasteiger partial charge in [-0.05, 0) is 23.6 Å². The summed E-state index contributed by atoms with van der Waals surface area (Å²) in [4.78, 5) is 4.77. The highest BCUT2D eigenvalue weighted by Crippen LogP contribution is 2.55. The smallest absolute Gasteiger partial charge is 0.136 e. The van der Waals surface area contributed by atoms with Gasteiger partial charge in [0.25, 0.3) is 0 Å². The van der Waals surface area contributed by atoms with E-state index in [1.54, 1.807) is 36.8 Å². The van der Waals surface area contributed by atoms with Crippen LogP contribution in [0.25, 0.3) is 11.1 Å². The number of hydrogen-bond acceptors (Lipinski definition) is 3. The molecule has 4 rings (SSSR count). The van der Waals surface area contributed by atoms with Gasteiger partial charge in [-0.3, -0.25) is 0 Å². The lowest BCUT2D eigenvalue weighted by molar-refractivity contribution is 0.123. The molecule has 7 heteroatoms. The Morgan fingerprint density at radius 3 is 2.61 bits per heavy atom. The lowest BCUT2D eigenvalue weighted by atomic mass is 9.91. The molecule has 0 amide bonds. The van der Waals surface area contributed by atoms with Crippen molar-refractivity contribution in [2.75, 3.05) is 0 Å². The minimum absolute atomic E-state index is 0.282. The monoisotopic (exact) mass is 402 g/mol. The Kier molecular flexibility index (Phi) is 4.81. The van der Waals surface area contributed by atoms with Crippen LogP contribution in [0, 0.1) is 17.5 Å². The van der Waals surface area contributed by atoms with Crippen LogP contribution in [0.2, 0.25) is 0 Å². The standard InChI is InChI=1S/C21H17F3N2OS/c1-2-5-21(11-26-7-6-25-12-26)20(27)15-4-3-13(8-18(15)28-21)19-16(23)9-14(22)10-17(19)24/h2-4,6-10,12,20,27H,1,5,11H2/t20-,21-/m0/s1. The molecule has 3 nitrogen and oxygen atoms in total. The van der Waals surface area contributed by atoms with Crippen LogP contribution in [0.5, 0.6) is 0 Å². The third-order valence-electron chi connectivity index (χ3n) is 4.91. The Labute approximate surface area is 164 Å². The van der Waals surface area contributed by atoms with E-state index in [0.717, 1.165) is 4.90 Å². The number of hydrogen-bond donors (Lipinski definition) is 1. The summed E-state index contributed by atoms with van der Waals surface area (Å²) in [6.07, 6.45) is 6.65. The molecular formula is C21H17F3N2OS. The van der Waals surface area contributed by atoms with Gasteiger partial charge >= 0.3 is 0 Å². The topological polar surface area (TPSA) is 38.0 Å². The van der Waals surface area contributed by atoms with E-state index in [4.69, 9.17) is 0 Å². The molecule has 0 spiro atoms. The molecule has 144 valence electrons. The second kappa shape index (κ2) is 7.14. The van der Waals surface area contributed by atoms with Crippen LogP contribution in [0.4, 0.5) is 13.2 Å². The molecule has 2 aromatic carbocycles. The number of thioether (sulfide) groups is 1. The number of aromatic nitrogens is 2. The lowest BCUT2D eigenvalue weighted by Gasteiger charge is -2.31. The van der Waals surface area contributed by atoms with Crippen molar-refractivity contribution in [1.82, 2.24) is 9.55 Å². The maximum Gasteiger partial charge on any atom is 0.136 e. The van der Waals surface area contributed by atoms with Crippen LogP contribution in [-0.4, -0.2) is 19.4 Å². The highest BCUT2D eigenvalue weighted by Gasteiger charge is 2.46. The van der Waals surface area contributed by atoms with Crippen molar-refractivity contribution in [3.8, 4) is 11.1 Å². The molecule has 0 radical (unpaired) electrons. The van der Waals surface area contributed by atoms with Crippen molar-refractivity contribution in [2.45, 2.75) is 28.7 Å². The second-order valence-electron chi connectivity index (χ2n) is 6.79. The lowest BCUT2D eigenvalue weighted by Crippen LogP contribution is -2.33. The number of benzene rings is 2. The van der Waals surface area contributed by atoms with Gasteiger partial charge in [-0.15, -0.1) is 18.3 Å². The molecular weight excluding hydrogens is 385 g/mol. The molecule has 1 aliphatic heterocycles. The first kappa shape index (κ1) is 18.8. The quantitative estimate of drug-likeness (QED) is 0.602. The highest BCUT2D eigenvalue weighted by atomic mass is 32.2. The van der Waals surface area contributed by atoms with Crippen molar-refractivity contribution in [1.29, 1.82) is 0 Å². The predicted octanol–water partition coefficient (Wildman–Crippen LogP) is 5.12. The van der Waals surface area contributed by atoms with E-state index in [0.29, 0.717) is 36.2 Å². The molecule has 28 heavy (non-hydrogen) atoms. The summed E-state index contributed by atoms with van der Waals surface area (Å²) in [7, 11) is 0. The number of nitrogens with zero attached hydrogens (tertiary/aromatic N) is 2. The van der Waals surface area contributed by atoms with Gasteiger partial charge in [-0.25, -0.2) is 18.2 Å². The summed E-state index contributed by atoms with van der Waals surface area (Å²) in [5, 5.41) is 11.0. The number of allylic oxidation sites excluding steroid dienone is 1. The Bertz CT molecular complexity index is 1020. The van der Waals surface area contributed by atoms with Crippen LogP contribution in [-0.2, 0) is 6.54 Å². The summed E-state index contributed by atoms with van der Waals surface area (Å²) in [5.74, 6) is -2.89. The fraction of sp³-hybridized carbons (Fsp3) is 0.190. The second-order valence-corrected chi connectivity index (χ2v) is 8.25. The summed E-state index contributed by atoms with van der Waals surface area (Å²) < 4.78 is 42.9. The van der Waals surface area contributed by atoms with Crippen molar-refractivity contribution >= 4 is 11.8 Å². The SMILES string of the molecule is C=CC[C@@]1(Cn2ccnc2)Sc2cc(-c3c(F)cc(F)cc3F)ccc2[C@@H]1O. The third-order valence-corrected chi connectivity index (χ3v) is 6.41. The highest BCUT2D eigenvalue weighted by molar-refractivity contribution is 8.01. The summed E-state index contributed by atoms with van der Waals surface area (Å²) >= 11 is 1.45. The molecule has 0 unspecified atom stereocenters. The fourth-order valence-electron chi connectivity index (χ4n) is 3.65. The Balaban J connectivity index is 1.75. The van der Waals surface area contributed by atoms with Crippen molar-refractivity contribution < 1.29 is 18.3 Å². The summed E-state index contributed by atoms with van der Waals surface area (Å²) in [5.41, 5.74) is 0.708. The molecule has 0 saturated carbocycles. The normalized spacial score (nSPS) is 20.9. The number of aliphatic hydroxyl groups is 1.